The van der Waals surface area contributed by atoms with Crippen molar-refractivity contribution in [3.8, 4) is 5.69 Å². The second-order valence-electron chi connectivity index (χ2n) is 8.19. The number of para-hydroxylation sites is 1. The number of β-lactam (4-membered cyclic amide) rings is 1. The maximum absolute atomic E-state index is 13.0. The number of carbonyl (C=O) groups excluding carboxylic acids is 1. The molecule has 2 saturated heterocycles. The van der Waals surface area contributed by atoms with E-state index in [-0.39, 0.29) is 17.8 Å². The zero-order chi connectivity index (χ0) is 23.7. The van der Waals surface area contributed by atoms with Gasteiger partial charge in [0, 0.05) is 18.7 Å². The highest BCUT2D eigenvalue weighted by Gasteiger charge is 2.58. The van der Waals surface area contributed by atoms with Gasteiger partial charge in [-0.2, -0.15) is 5.10 Å². The van der Waals surface area contributed by atoms with Crippen LogP contribution in [-0.4, -0.2) is 65.1 Å². The van der Waals surface area contributed by atoms with Crippen LogP contribution in [0.4, 0.5) is 0 Å². The quantitative estimate of drug-likeness (QED) is 0.370. The number of aliphatic carboxylic acids is 1. The van der Waals surface area contributed by atoms with Gasteiger partial charge >= 0.3 is 5.97 Å². The van der Waals surface area contributed by atoms with Gasteiger partial charge in [0.1, 0.15) is 21.2 Å². The predicted molar refractivity (Wildman–Crippen MR) is 137 cm³/mol. The van der Waals surface area contributed by atoms with Gasteiger partial charge in [0.05, 0.1) is 16.9 Å². The summed E-state index contributed by atoms with van der Waals surface area (Å²) in [6.45, 7) is 0.132. The molecule has 3 heterocycles. The van der Waals surface area contributed by atoms with Crippen molar-refractivity contribution in [2.45, 2.75) is 27.6 Å². The van der Waals surface area contributed by atoms with Gasteiger partial charge in [0.15, 0.2) is 0 Å². The van der Waals surface area contributed by atoms with Crippen molar-refractivity contribution in [3.63, 3.8) is 0 Å². The van der Waals surface area contributed by atoms with E-state index in [0.717, 1.165) is 16.3 Å². The zero-order valence-electron chi connectivity index (χ0n) is 18.0. The summed E-state index contributed by atoms with van der Waals surface area (Å²) in [5, 5.41) is 18.4. The van der Waals surface area contributed by atoms with Crippen LogP contribution in [0.1, 0.15) is 5.56 Å². The van der Waals surface area contributed by atoms with Crippen LogP contribution in [0, 0.1) is 0 Å². The van der Waals surface area contributed by atoms with E-state index in [2.05, 4.69) is 10.4 Å². The van der Waals surface area contributed by atoms with Crippen molar-refractivity contribution < 1.29 is 14.7 Å². The first-order valence-electron chi connectivity index (χ1n) is 10.7. The second-order valence-corrected chi connectivity index (χ2v) is 11.2. The average Bonchev–Trinajstić information content (AvgIpc) is 3.31. The van der Waals surface area contributed by atoms with E-state index in [9.17, 15) is 14.7 Å². The Morgan fingerprint density at radius 1 is 1.18 bits per heavy atom. The number of nitrogens with zero attached hydrogens (tertiary/aromatic N) is 3. The minimum atomic E-state index is -1.17. The molecule has 7 nitrogen and oxygen atoms in total. The molecule has 1 amide bonds. The van der Waals surface area contributed by atoms with Gasteiger partial charge in [0.2, 0.25) is 5.91 Å². The molecule has 2 aliphatic heterocycles. The highest BCUT2D eigenvalue weighted by molar-refractivity contribution is 8.05. The highest BCUT2D eigenvalue weighted by Crippen LogP contribution is 2.46. The summed E-state index contributed by atoms with van der Waals surface area (Å²) in [6.07, 6.45) is 2.22. The average molecular weight is 511 g/mol. The molecule has 2 aliphatic rings. The Bertz CT molecular complexity index is 1220. The Morgan fingerprint density at radius 2 is 1.88 bits per heavy atom. The predicted octanol–water partition coefficient (Wildman–Crippen LogP) is 3.23. The van der Waals surface area contributed by atoms with E-state index < -0.39 is 16.8 Å². The van der Waals surface area contributed by atoms with Crippen molar-refractivity contribution in [2.75, 3.05) is 12.3 Å². The molecule has 1 aromatic heterocycles. The number of hydrogen-bond acceptors (Lipinski definition) is 6. The molecule has 1 unspecified atom stereocenters. The number of hydrogen-bond donors (Lipinski definition) is 2. The molecule has 0 saturated carbocycles. The number of benzene rings is 2. The van der Waals surface area contributed by atoms with Crippen LogP contribution in [0.5, 0.6) is 0 Å². The summed E-state index contributed by atoms with van der Waals surface area (Å²) in [4.78, 5) is 27.7. The molecular formula is C24H22N4O3S3. The van der Waals surface area contributed by atoms with Crippen LogP contribution < -0.4 is 5.32 Å². The molecule has 174 valence electrons. The van der Waals surface area contributed by atoms with E-state index >= 15 is 0 Å². The van der Waals surface area contributed by atoms with Gasteiger partial charge < -0.3 is 15.3 Å². The van der Waals surface area contributed by atoms with Crippen LogP contribution in [-0.2, 0) is 16.0 Å². The van der Waals surface area contributed by atoms with Crippen molar-refractivity contribution in [1.29, 1.82) is 0 Å². The fourth-order valence-corrected chi connectivity index (χ4v) is 7.31. The first-order chi connectivity index (χ1) is 16.5. The Kier molecular flexibility index (Phi) is 6.37. The number of amides is 1. The normalized spacial score (nSPS) is 23.6. The Morgan fingerprint density at radius 3 is 2.59 bits per heavy atom. The lowest BCUT2D eigenvalue weighted by molar-refractivity contribution is -0.149. The number of carbonyl (C=O) groups is 2. The Balaban J connectivity index is 1.28. The van der Waals surface area contributed by atoms with Crippen LogP contribution >= 0.6 is 35.7 Å². The lowest BCUT2D eigenvalue weighted by Gasteiger charge is -2.53. The summed E-state index contributed by atoms with van der Waals surface area (Å²) in [6, 6.07) is 20.8. The van der Waals surface area contributed by atoms with Gasteiger partial charge in [-0.05, 0) is 23.8 Å². The molecule has 0 bridgehead atoms. The second kappa shape index (κ2) is 9.44. The third-order valence-corrected chi connectivity index (χ3v) is 9.21. The molecule has 2 aromatic carbocycles. The lowest BCUT2D eigenvalue weighted by atomic mass is 10.0. The number of aromatic nitrogens is 2. The zero-order valence-corrected chi connectivity index (χ0v) is 20.5. The highest BCUT2D eigenvalue weighted by atomic mass is 32.2. The summed E-state index contributed by atoms with van der Waals surface area (Å²) in [5.41, 5.74) is 1.93. The fraction of sp³-hybridized carbons (Fsp3) is 0.250. The number of nitrogens with one attached hydrogen (secondary N) is 1. The van der Waals surface area contributed by atoms with Crippen molar-refractivity contribution in [1.82, 2.24) is 20.0 Å². The minimum absolute atomic E-state index is 0.115. The van der Waals surface area contributed by atoms with Crippen molar-refractivity contribution >= 4 is 52.6 Å². The van der Waals surface area contributed by atoms with Crippen LogP contribution in [0.3, 0.4) is 0 Å². The van der Waals surface area contributed by atoms with Gasteiger partial charge in [-0.1, -0.05) is 72.5 Å². The van der Waals surface area contributed by atoms with E-state index in [0.29, 0.717) is 17.2 Å². The van der Waals surface area contributed by atoms with Crippen LogP contribution in [0.2, 0.25) is 0 Å². The third-order valence-electron chi connectivity index (χ3n) is 5.88. The molecule has 2 N–H and O–H groups in total. The van der Waals surface area contributed by atoms with E-state index in [1.54, 1.807) is 15.8 Å². The van der Waals surface area contributed by atoms with Gasteiger partial charge in [-0.15, -0.1) is 11.8 Å². The van der Waals surface area contributed by atoms with Crippen molar-refractivity contribution in [2.24, 2.45) is 0 Å². The molecule has 0 aliphatic carbocycles. The van der Waals surface area contributed by atoms with Gasteiger partial charge in [0.25, 0.3) is 0 Å². The lowest BCUT2D eigenvalue weighted by Crippen LogP contribution is -2.74. The number of thiocarbonyl (C=S) groups is 1. The Labute approximate surface area is 210 Å². The molecule has 0 spiro atoms. The van der Waals surface area contributed by atoms with Crippen LogP contribution in [0.15, 0.2) is 78.0 Å². The fourth-order valence-electron chi connectivity index (χ4n) is 4.12. The third kappa shape index (κ3) is 4.33. The minimum Gasteiger partial charge on any atom is -0.480 e. The largest absolute Gasteiger partial charge is 0.480 e. The first-order valence-corrected chi connectivity index (χ1v) is 13.0. The maximum Gasteiger partial charge on any atom is 0.322 e. The number of fused-ring (bicyclic) bond motifs is 1. The maximum atomic E-state index is 13.0. The molecule has 34 heavy (non-hydrogen) atoms. The molecule has 0 radical (unpaired) electrons. The molecule has 3 atom stereocenters. The summed E-state index contributed by atoms with van der Waals surface area (Å²) in [5.74, 6) is -0.686. The first kappa shape index (κ1) is 22.9. The van der Waals surface area contributed by atoms with Crippen LogP contribution in [0.25, 0.3) is 5.69 Å². The smallest absolute Gasteiger partial charge is 0.322 e. The summed E-state index contributed by atoms with van der Waals surface area (Å²) in [7, 11) is 0. The monoisotopic (exact) mass is 510 g/mol. The number of carboxylic acids is 1. The molecule has 3 aromatic rings. The SMILES string of the molecule is O=C1[C@@H](NC(=S)Cc2ccccc2)[C@H]2SCC(Sc3ccnn3-c3ccccc3)(C(=O)O)CN12. The van der Waals surface area contributed by atoms with Crippen molar-refractivity contribution in [3.05, 3.63) is 78.5 Å². The van der Waals surface area contributed by atoms with E-state index in [4.69, 9.17) is 12.2 Å². The molecule has 5 rings (SSSR count). The molecule has 2 fully saturated rings. The van der Waals surface area contributed by atoms with Gasteiger partial charge in [-0.3, -0.25) is 9.59 Å². The van der Waals surface area contributed by atoms with Gasteiger partial charge in [-0.25, -0.2) is 4.68 Å². The standard InChI is InChI=1S/C24H22N4O3S3/c29-21-20(26-18(32)13-16-7-3-1-4-8-16)22-27(21)14-24(15-33-22,23(30)31)34-19-11-12-25-28(19)17-9-5-2-6-10-17/h1-12,20,22H,13-15H2,(H,26,32)(H,30,31)/t20-,22-,24?/m1/s1. The van der Waals surface area contributed by atoms with E-state index in [1.165, 1.54) is 23.5 Å². The summed E-state index contributed by atoms with van der Waals surface area (Å²) >= 11 is 8.21. The number of rotatable bonds is 7. The van der Waals surface area contributed by atoms with E-state index in [1.807, 2.05) is 66.7 Å². The summed E-state index contributed by atoms with van der Waals surface area (Å²) < 4.78 is 0.565. The Hall–Kier alpha value is -2.82. The number of thioether (sulfide) groups is 2. The number of carboxylic acid groups (broad SMARTS) is 1. The molecule has 10 heteroatoms. The topological polar surface area (TPSA) is 87.5 Å². The molecular weight excluding hydrogens is 488 g/mol.